The van der Waals surface area contributed by atoms with E-state index in [1.807, 2.05) is 11.1 Å². The van der Waals surface area contributed by atoms with Crippen molar-refractivity contribution in [1.29, 1.82) is 0 Å². The normalized spacial score (nSPS) is 27.2. The summed E-state index contributed by atoms with van der Waals surface area (Å²) in [5.41, 5.74) is 6.71. The van der Waals surface area contributed by atoms with Gasteiger partial charge in [-0.05, 0) is 98.0 Å². The molecule has 4 aliphatic heterocycles. The van der Waals surface area contributed by atoms with Crippen molar-refractivity contribution in [1.82, 2.24) is 25.4 Å². The van der Waals surface area contributed by atoms with Crippen molar-refractivity contribution in [2.75, 3.05) is 32.7 Å². The highest BCUT2D eigenvalue weighted by atomic mass is 16.2. The zero-order chi connectivity index (χ0) is 26.4. The molecule has 2 aromatic rings. The number of rotatable bonds is 5. The summed E-state index contributed by atoms with van der Waals surface area (Å²) in [6, 6.07) is 8.25. The van der Waals surface area contributed by atoms with Gasteiger partial charge in [0.2, 0.25) is 5.91 Å². The standard InChI is InChI=1S/C32H41N5O2/c38-30(37-17-13-32(14-18-37)12-9-22-5-1-3-7-26(22)32)28(19-24-20-33-27-8-4-2-6-25(24)27)34-31(39)35-29-21-36-15-10-23(29)11-16-36/h1-3,5-7,20,23,28-29,33H,4,8-19,21H2,(H2,34,35,39). The Kier molecular flexibility index (Phi) is 6.50. The van der Waals surface area contributed by atoms with Crippen molar-refractivity contribution in [3.8, 4) is 0 Å². The van der Waals surface area contributed by atoms with Gasteiger partial charge in [0.05, 0.1) is 0 Å². The molecule has 3 amide bonds. The number of likely N-dealkylation sites (tertiary alicyclic amines) is 1. The van der Waals surface area contributed by atoms with Crippen LogP contribution >= 0.6 is 0 Å². The Morgan fingerprint density at radius 2 is 1.87 bits per heavy atom. The minimum Gasteiger partial charge on any atom is -0.364 e. The van der Waals surface area contributed by atoms with E-state index in [9.17, 15) is 9.59 Å². The maximum Gasteiger partial charge on any atom is 0.315 e. The van der Waals surface area contributed by atoms with E-state index in [0.29, 0.717) is 12.3 Å². The summed E-state index contributed by atoms with van der Waals surface area (Å²) in [5, 5.41) is 6.39. The smallest absolute Gasteiger partial charge is 0.315 e. The molecule has 0 radical (unpaired) electrons. The van der Waals surface area contributed by atoms with Gasteiger partial charge in [0, 0.05) is 44.0 Å². The van der Waals surface area contributed by atoms with Gasteiger partial charge in [0.1, 0.15) is 6.04 Å². The Balaban J connectivity index is 1.06. The summed E-state index contributed by atoms with van der Waals surface area (Å²) in [6.07, 6.45) is 15.5. The van der Waals surface area contributed by atoms with Crippen LogP contribution in [0, 0.1) is 5.92 Å². The second-order valence-electron chi connectivity index (χ2n) is 12.5. The number of carbonyl (C=O) groups is 2. The Morgan fingerprint density at radius 3 is 2.67 bits per heavy atom. The lowest BCUT2D eigenvalue weighted by atomic mass is 9.74. The van der Waals surface area contributed by atoms with Crippen LogP contribution in [0.4, 0.5) is 4.79 Å². The number of aromatic amines is 1. The largest absolute Gasteiger partial charge is 0.364 e. The van der Waals surface area contributed by atoms with Crippen LogP contribution in [0.25, 0.3) is 6.08 Å². The predicted molar refractivity (Wildman–Crippen MR) is 153 cm³/mol. The molecular weight excluding hydrogens is 486 g/mol. The molecule has 5 heterocycles. The lowest BCUT2D eigenvalue weighted by molar-refractivity contribution is -0.134. The number of allylic oxidation sites excluding steroid dienone is 1. The number of nitrogens with one attached hydrogen (secondary N) is 3. The molecule has 0 saturated carbocycles. The number of aryl methyl sites for hydroxylation is 2. The van der Waals surface area contributed by atoms with Crippen LogP contribution in [-0.4, -0.2) is 71.5 Å². The molecule has 1 aromatic heterocycles. The molecule has 8 rings (SSSR count). The topological polar surface area (TPSA) is 80.5 Å². The lowest BCUT2D eigenvalue weighted by Gasteiger charge is -2.45. The van der Waals surface area contributed by atoms with Crippen molar-refractivity contribution < 1.29 is 9.59 Å². The fourth-order valence-electron chi connectivity index (χ4n) is 8.11. The molecule has 206 valence electrons. The fraction of sp³-hybridized carbons (Fsp3) is 0.562. The molecule has 39 heavy (non-hydrogen) atoms. The van der Waals surface area contributed by atoms with Gasteiger partial charge < -0.3 is 25.4 Å². The number of nitrogens with zero attached hydrogens (tertiary/aromatic N) is 2. The van der Waals surface area contributed by atoms with E-state index in [-0.39, 0.29) is 23.4 Å². The maximum absolute atomic E-state index is 14.0. The first-order chi connectivity index (χ1) is 19.1. The van der Waals surface area contributed by atoms with E-state index in [2.05, 4.69) is 56.9 Å². The number of piperidine rings is 4. The lowest BCUT2D eigenvalue weighted by Crippen LogP contribution is -2.61. The van der Waals surface area contributed by atoms with Gasteiger partial charge in [-0.3, -0.25) is 4.79 Å². The van der Waals surface area contributed by atoms with E-state index in [0.717, 1.165) is 83.2 Å². The van der Waals surface area contributed by atoms with Gasteiger partial charge in [-0.2, -0.15) is 0 Å². The quantitative estimate of drug-likeness (QED) is 0.554. The van der Waals surface area contributed by atoms with Gasteiger partial charge in [-0.25, -0.2) is 4.79 Å². The third-order valence-corrected chi connectivity index (χ3v) is 10.4. The van der Waals surface area contributed by atoms with Crippen LogP contribution in [-0.2, 0) is 29.5 Å². The average Bonchev–Trinajstić information content (AvgIpc) is 3.55. The van der Waals surface area contributed by atoms with Crippen molar-refractivity contribution in [2.24, 2.45) is 5.92 Å². The summed E-state index contributed by atoms with van der Waals surface area (Å²) < 4.78 is 0. The first-order valence-electron chi connectivity index (χ1n) is 15.1. The first kappa shape index (κ1) is 24.9. The minimum atomic E-state index is -0.578. The minimum absolute atomic E-state index is 0.0509. The summed E-state index contributed by atoms with van der Waals surface area (Å²) in [7, 11) is 0. The van der Waals surface area contributed by atoms with E-state index >= 15 is 0 Å². The van der Waals surface area contributed by atoms with E-state index in [1.165, 1.54) is 28.8 Å². The van der Waals surface area contributed by atoms with Crippen LogP contribution in [0.2, 0.25) is 0 Å². The van der Waals surface area contributed by atoms with Crippen molar-refractivity contribution in [3.05, 3.63) is 64.5 Å². The molecule has 1 aromatic carbocycles. The zero-order valence-corrected chi connectivity index (χ0v) is 22.9. The maximum atomic E-state index is 14.0. The Morgan fingerprint density at radius 1 is 1.05 bits per heavy atom. The van der Waals surface area contributed by atoms with Crippen LogP contribution in [0.1, 0.15) is 66.5 Å². The summed E-state index contributed by atoms with van der Waals surface area (Å²) in [5.74, 6) is 0.597. The number of amides is 3. The Hall–Kier alpha value is -3.06. The third-order valence-electron chi connectivity index (χ3n) is 10.4. The van der Waals surface area contributed by atoms with Gasteiger partial charge >= 0.3 is 6.03 Å². The molecule has 2 aliphatic carbocycles. The number of H-pyrrole nitrogens is 1. The number of carbonyl (C=O) groups excluding carboxylic acids is 2. The SMILES string of the molecule is O=C(NC(Cc1c[nH]c2c1C=CCC2)C(=O)N1CCC2(CCc3ccccc32)CC1)NC1CN2CCC1CC2. The molecule has 7 nitrogen and oxygen atoms in total. The monoisotopic (exact) mass is 527 g/mol. The highest BCUT2D eigenvalue weighted by molar-refractivity contribution is 5.88. The molecular formula is C32H41N5O2. The Labute approximate surface area is 231 Å². The summed E-state index contributed by atoms with van der Waals surface area (Å²) in [6.45, 7) is 4.69. The molecule has 6 aliphatic rings. The average molecular weight is 528 g/mol. The number of urea groups is 1. The molecule has 1 spiro atoms. The Bertz CT molecular complexity index is 1270. The number of aromatic nitrogens is 1. The predicted octanol–water partition coefficient (Wildman–Crippen LogP) is 3.79. The molecule has 2 unspecified atom stereocenters. The third kappa shape index (κ3) is 4.69. The summed E-state index contributed by atoms with van der Waals surface area (Å²) in [4.78, 5) is 35.2. The number of benzene rings is 1. The summed E-state index contributed by atoms with van der Waals surface area (Å²) >= 11 is 0. The van der Waals surface area contributed by atoms with Crippen LogP contribution in [0.5, 0.6) is 0 Å². The van der Waals surface area contributed by atoms with Crippen LogP contribution in [0.15, 0.2) is 36.5 Å². The first-order valence-corrected chi connectivity index (χ1v) is 15.1. The highest BCUT2D eigenvalue weighted by Gasteiger charge is 2.43. The number of hydrogen-bond donors (Lipinski definition) is 3. The number of hydrogen-bond acceptors (Lipinski definition) is 3. The van der Waals surface area contributed by atoms with Crippen LogP contribution in [0.3, 0.4) is 0 Å². The van der Waals surface area contributed by atoms with Crippen molar-refractivity contribution in [3.63, 3.8) is 0 Å². The van der Waals surface area contributed by atoms with Gasteiger partial charge in [-0.1, -0.05) is 36.4 Å². The van der Waals surface area contributed by atoms with E-state index in [1.54, 1.807) is 0 Å². The van der Waals surface area contributed by atoms with Crippen molar-refractivity contribution in [2.45, 2.75) is 75.3 Å². The van der Waals surface area contributed by atoms with Gasteiger partial charge in [0.25, 0.3) is 0 Å². The second kappa shape index (κ2) is 10.2. The molecule has 2 bridgehead atoms. The number of fused-ring (bicyclic) bond motifs is 6. The van der Waals surface area contributed by atoms with Gasteiger partial charge in [0.15, 0.2) is 0 Å². The van der Waals surface area contributed by atoms with Gasteiger partial charge in [-0.15, -0.1) is 0 Å². The van der Waals surface area contributed by atoms with Crippen LogP contribution < -0.4 is 10.6 Å². The molecule has 3 N–H and O–H groups in total. The second-order valence-corrected chi connectivity index (χ2v) is 12.5. The highest BCUT2D eigenvalue weighted by Crippen LogP contribution is 2.46. The zero-order valence-electron chi connectivity index (χ0n) is 22.9. The van der Waals surface area contributed by atoms with E-state index in [4.69, 9.17) is 0 Å². The van der Waals surface area contributed by atoms with E-state index < -0.39 is 6.04 Å². The molecule has 4 fully saturated rings. The molecule has 4 saturated heterocycles. The molecule has 7 heteroatoms. The van der Waals surface area contributed by atoms with Crippen molar-refractivity contribution >= 4 is 18.0 Å². The fourth-order valence-corrected chi connectivity index (χ4v) is 8.11. The molecule has 2 atom stereocenters.